The number of aryl methyl sites for hydroxylation is 2. The number of nitrogens with zero attached hydrogens (tertiary/aromatic N) is 4. The number of carbonyl (C=O) groups is 1. The second kappa shape index (κ2) is 10.4. The minimum absolute atomic E-state index is 0.00910. The minimum Gasteiger partial charge on any atom is -0.453 e. The molecular formula is C26H28F3N5O2. The second-order valence-electron chi connectivity index (χ2n) is 9.45. The summed E-state index contributed by atoms with van der Waals surface area (Å²) in [5, 5.41) is 15.0. The summed E-state index contributed by atoms with van der Waals surface area (Å²) >= 11 is 0. The summed E-state index contributed by atoms with van der Waals surface area (Å²) in [6.45, 7) is 9.59. The van der Waals surface area contributed by atoms with Gasteiger partial charge in [0.25, 0.3) is 5.91 Å². The Bertz CT molecular complexity index is 1290. The van der Waals surface area contributed by atoms with Gasteiger partial charge in [0.15, 0.2) is 11.4 Å². The third-order valence-corrected chi connectivity index (χ3v) is 5.36. The zero-order valence-electron chi connectivity index (χ0n) is 20.8. The smallest absolute Gasteiger partial charge is 0.416 e. The summed E-state index contributed by atoms with van der Waals surface area (Å²) in [5.74, 6) is -0.703. The van der Waals surface area contributed by atoms with Gasteiger partial charge in [-0.1, -0.05) is 29.8 Å². The van der Waals surface area contributed by atoms with E-state index in [1.54, 1.807) is 0 Å². The number of amides is 1. The lowest BCUT2D eigenvalue weighted by molar-refractivity contribution is -0.137. The number of rotatable bonds is 7. The van der Waals surface area contributed by atoms with Crippen LogP contribution < -0.4 is 10.2 Å². The monoisotopic (exact) mass is 499 g/mol. The van der Waals surface area contributed by atoms with Crippen LogP contribution in [0.5, 0.6) is 11.5 Å². The molecule has 1 heterocycles. The van der Waals surface area contributed by atoms with E-state index in [-0.39, 0.29) is 30.3 Å². The van der Waals surface area contributed by atoms with E-state index >= 15 is 0 Å². The molecule has 2 aromatic carbocycles. The Morgan fingerprint density at radius 1 is 1.17 bits per heavy atom. The molecule has 36 heavy (non-hydrogen) atoms. The topological polar surface area (TPSA) is 83.2 Å². The van der Waals surface area contributed by atoms with Crippen molar-refractivity contribution >= 4 is 5.91 Å². The van der Waals surface area contributed by atoms with Crippen molar-refractivity contribution in [1.29, 1.82) is 5.26 Å². The van der Waals surface area contributed by atoms with E-state index in [0.29, 0.717) is 0 Å². The number of nitriles is 1. The Labute approximate surface area is 208 Å². The van der Waals surface area contributed by atoms with Gasteiger partial charge in [-0.2, -0.15) is 23.5 Å². The van der Waals surface area contributed by atoms with E-state index in [9.17, 15) is 23.2 Å². The van der Waals surface area contributed by atoms with Crippen molar-refractivity contribution in [3.05, 3.63) is 76.6 Å². The molecular weight excluding hydrogens is 471 g/mol. The summed E-state index contributed by atoms with van der Waals surface area (Å²) in [4.78, 5) is 13.4. The highest BCUT2D eigenvalue weighted by Gasteiger charge is 2.32. The van der Waals surface area contributed by atoms with Crippen LogP contribution in [0.15, 0.2) is 48.7 Å². The van der Waals surface area contributed by atoms with Crippen LogP contribution in [0.3, 0.4) is 0 Å². The van der Waals surface area contributed by atoms with Gasteiger partial charge < -0.3 is 4.74 Å². The van der Waals surface area contributed by atoms with Crippen LogP contribution in [-0.2, 0) is 18.3 Å². The van der Waals surface area contributed by atoms with Crippen LogP contribution in [0.4, 0.5) is 13.2 Å². The van der Waals surface area contributed by atoms with Gasteiger partial charge >= 0.3 is 6.18 Å². The maximum atomic E-state index is 13.4. The van der Waals surface area contributed by atoms with Crippen molar-refractivity contribution in [1.82, 2.24) is 20.2 Å². The third-order valence-electron chi connectivity index (χ3n) is 5.36. The number of benzene rings is 2. The van der Waals surface area contributed by atoms with E-state index in [1.807, 2.05) is 58.9 Å². The van der Waals surface area contributed by atoms with Gasteiger partial charge in [0.1, 0.15) is 12.3 Å². The predicted octanol–water partition coefficient (Wildman–Crippen LogP) is 5.74. The summed E-state index contributed by atoms with van der Waals surface area (Å²) in [5.41, 5.74) is 4.28. The number of carbonyl (C=O) groups excluding carboxylic acids is 1. The van der Waals surface area contributed by atoms with E-state index in [4.69, 9.17) is 4.74 Å². The molecule has 1 aromatic heterocycles. The zero-order chi connectivity index (χ0) is 26.7. The van der Waals surface area contributed by atoms with Crippen LogP contribution >= 0.6 is 0 Å². The molecule has 10 heteroatoms. The molecule has 7 nitrogen and oxygen atoms in total. The van der Waals surface area contributed by atoms with Gasteiger partial charge in [-0.05, 0) is 63.9 Å². The first-order valence-corrected chi connectivity index (χ1v) is 11.2. The number of nitrogens with one attached hydrogen (secondary N) is 1. The average molecular weight is 500 g/mol. The molecule has 3 rings (SSSR count). The Morgan fingerprint density at radius 3 is 2.50 bits per heavy atom. The number of hydrogen-bond acceptors (Lipinski definition) is 5. The molecule has 0 aliphatic rings. The van der Waals surface area contributed by atoms with Crippen molar-refractivity contribution in [2.75, 3.05) is 6.54 Å². The van der Waals surface area contributed by atoms with Gasteiger partial charge in [0.05, 0.1) is 23.4 Å². The third kappa shape index (κ3) is 6.43. The lowest BCUT2D eigenvalue weighted by atomic mass is 10.1. The highest BCUT2D eigenvalue weighted by atomic mass is 19.4. The highest BCUT2D eigenvalue weighted by Crippen LogP contribution is 2.34. The standard InChI is InChI=1S/C26H28F3N5O2/c1-17-9-10-19(18(2)13-17)16-33(12-11-30)32-24(35)23-22(15-31-34(23)25(3,4)5)36-21-8-6-7-20(14-21)26(27,28)29/h6-10,13-15H,12,16H2,1-5H3,(H,32,35). The van der Waals surface area contributed by atoms with Crippen LogP contribution in [-0.4, -0.2) is 27.2 Å². The molecule has 3 aromatic rings. The number of alkyl halides is 3. The van der Waals surface area contributed by atoms with E-state index < -0.39 is 23.2 Å². The van der Waals surface area contributed by atoms with E-state index in [1.165, 1.54) is 28.0 Å². The van der Waals surface area contributed by atoms with E-state index in [0.717, 1.165) is 28.8 Å². The fraction of sp³-hybridized carbons (Fsp3) is 0.346. The number of ether oxygens (including phenoxy) is 1. The fourth-order valence-corrected chi connectivity index (χ4v) is 3.63. The molecule has 190 valence electrons. The van der Waals surface area contributed by atoms with Crippen LogP contribution in [0.2, 0.25) is 0 Å². The maximum absolute atomic E-state index is 13.4. The summed E-state index contributed by atoms with van der Waals surface area (Å²) < 4.78 is 46.6. The molecule has 0 aliphatic carbocycles. The second-order valence-corrected chi connectivity index (χ2v) is 9.45. The predicted molar refractivity (Wildman–Crippen MR) is 128 cm³/mol. The highest BCUT2D eigenvalue weighted by molar-refractivity contribution is 5.95. The summed E-state index contributed by atoms with van der Waals surface area (Å²) in [6.07, 6.45) is -3.25. The first kappa shape index (κ1) is 26.8. The molecule has 0 radical (unpaired) electrons. The van der Waals surface area contributed by atoms with Crippen LogP contribution in [0.1, 0.15) is 53.5 Å². The molecule has 0 fully saturated rings. The van der Waals surface area contributed by atoms with Crippen molar-refractivity contribution in [2.45, 2.75) is 52.9 Å². The van der Waals surface area contributed by atoms with Crippen molar-refractivity contribution in [2.24, 2.45) is 0 Å². The number of hydrogen-bond donors (Lipinski definition) is 1. The van der Waals surface area contributed by atoms with Gasteiger partial charge in [0, 0.05) is 6.54 Å². The van der Waals surface area contributed by atoms with E-state index in [2.05, 4.69) is 10.5 Å². The fourth-order valence-electron chi connectivity index (χ4n) is 3.63. The lowest BCUT2D eigenvalue weighted by Gasteiger charge is -2.25. The quantitative estimate of drug-likeness (QED) is 0.331. The van der Waals surface area contributed by atoms with Gasteiger partial charge in [0.2, 0.25) is 0 Å². The van der Waals surface area contributed by atoms with Gasteiger partial charge in [-0.25, -0.2) is 5.01 Å². The summed E-state index contributed by atoms with van der Waals surface area (Å²) in [7, 11) is 0. The van der Waals surface area contributed by atoms with Gasteiger partial charge in [-0.15, -0.1) is 0 Å². The molecule has 0 spiro atoms. The molecule has 0 unspecified atom stereocenters. The normalized spacial score (nSPS) is 11.9. The largest absolute Gasteiger partial charge is 0.453 e. The minimum atomic E-state index is -4.54. The molecule has 0 saturated heterocycles. The van der Waals surface area contributed by atoms with Crippen LogP contribution in [0, 0.1) is 25.2 Å². The first-order valence-electron chi connectivity index (χ1n) is 11.2. The Hall–Kier alpha value is -3.84. The molecule has 0 bridgehead atoms. The lowest BCUT2D eigenvalue weighted by Crippen LogP contribution is -2.44. The zero-order valence-corrected chi connectivity index (χ0v) is 20.8. The molecule has 1 amide bonds. The first-order chi connectivity index (χ1) is 16.8. The Kier molecular flexibility index (Phi) is 7.74. The maximum Gasteiger partial charge on any atom is 0.416 e. The molecule has 0 saturated carbocycles. The molecule has 0 aliphatic heterocycles. The van der Waals surface area contributed by atoms with Crippen molar-refractivity contribution in [3.63, 3.8) is 0 Å². The Balaban J connectivity index is 1.93. The van der Waals surface area contributed by atoms with Crippen molar-refractivity contribution in [3.8, 4) is 17.6 Å². The molecule has 0 atom stereocenters. The van der Waals surface area contributed by atoms with Crippen LogP contribution in [0.25, 0.3) is 0 Å². The number of hydrazine groups is 1. The van der Waals surface area contributed by atoms with Crippen molar-refractivity contribution < 1.29 is 22.7 Å². The Morgan fingerprint density at radius 2 is 1.89 bits per heavy atom. The van der Waals surface area contributed by atoms with Gasteiger partial charge in [-0.3, -0.25) is 14.9 Å². The number of halogens is 3. The average Bonchev–Trinajstić information content (AvgIpc) is 3.19. The molecule has 1 N–H and O–H groups in total. The summed E-state index contributed by atoms with van der Waals surface area (Å²) in [6, 6.07) is 12.3. The SMILES string of the molecule is Cc1ccc(CN(CC#N)NC(=O)c2c(Oc3cccc(C(F)(F)F)c3)cnn2C(C)(C)C)c(C)c1. The number of aromatic nitrogens is 2.